The molecule has 1 heterocycles. The van der Waals surface area contributed by atoms with E-state index in [-0.39, 0.29) is 5.91 Å². The van der Waals surface area contributed by atoms with Gasteiger partial charge in [0.1, 0.15) is 0 Å². The SMILES string of the molecule is CCCCN(C)C(=O)c1n[nH]c(CCC)c1N. The number of amides is 1. The highest BCUT2D eigenvalue weighted by Gasteiger charge is 2.19. The third kappa shape index (κ3) is 3.22. The lowest BCUT2D eigenvalue weighted by Gasteiger charge is -2.15. The van der Waals surface area contributed by atoms with Crippen LogP contribution in [-0.2, 0) is 6.42 Å². The van der Waals surface area contributed by atoms with Crippen LogP contribution in [0.5, 0.6) is 0 Å². The molecule has 0 aromatic carbocycles. The number of rotatable bonds is 6. The van der Waals surface area contributed by atoms with Crippen LogP contribution in [0.3, 0.4) is 0 Å². The van der Waals surface area contributed by atoms with E-state index in [0.29, 0.717) is 11.4 Å². The Morgan fingerprint density at radius 3 is 2.71 bits per heavy atom. The van der Waals surface area contributed by atoms with E-state index in [4.69, 9.17) is 5.73 Å². The van der Waals surface area contributed by atoms with Crippen molar-refractivity contribution in [1.82, 2.24) is 15.1 Å². The molecule has 96 valence electrons. The number of carbonyl (C=O) groups is 1. The number of anilines is 1. The number of unbranched alkanes of at least 4 members (excludes halogenated alkanes) is 1. The summed E-state index contributed by atoms with van der Waals surface area (Å²) in [4.78, 5) is 13.7. The van der Waals surface area contributed by atoms with Gasteiger partial charge in [0.15, 0.2) is 5.69 Å². The lowest BCUT2D eigenvalue weighted by Crippen LogP contribution is -2.28. The van der Waals surface area contributed by atoms with Gasteiger partial charge in [-0.2, -0.15) is 5.10 Å². The normalized spacial score (nSPS) is 10.5. The molecular formula is C12H22N4O. The fourth-order valence-electron chi connectivity index (χ4n) is 1.67. The summed E-state index contributed by atoms with van der Waals surface area (Å²) in [6.45, 7) is 4.90. The Morgan fingerprint density at radius 1 is 1.41 bits per heavy atom. The summed E-state index contributed by atoms with van der Waals surface area (Å²) in [7, 11) is 1.78. The van der Waals surface area contributed by atoms with E-state index in [2.05, 4.69) is 24.0 Å². The fraction of sp³-hybridized carbons (Fsp3) is 0.667. The second-order valence-electron chi connectivity index (χ2n) is 4.29. The quantitative estimate of drug-likeness (QED) is 0.793. The molecule has 0 spiro atoms. The summed E-state index contributed by atoms with van der Waals surface area (Å²) < 4.78 is 0. The second-order valence-corrected chi connectivity index (χ2v) is 4.29. The number of carbonyl (C=O) groups excluding carboxylic acids is 1. The molecule has 0 fully saturated rings. The molecule has 1 aromatic heterocycles. The zero-order valence-corrected chi connectivity index (χ0v) is 10.9. The Balaban J connectivity index is 2.75. The molecule has 1 amide bonds. The number of aromatic nitrogens is 2. The van der Waals surface area contributed by atoms with Crippen molar-refractivity contribution in [3.63, 3.8) is 0 Å². The van der Waals surface area contributed by atoms with Crippen LogP contribution in [0.1, 0.15) is 49.3 Å². The van der Waals surface area contributed by atoms with Gasteiger partial charge in [-0.15, -0.1) is 0 Å². The van der Waals surface area contributed by atoms with E-state index >= 15 is 0 Å². The number of H-pyrrole nitrogens is 1. The standard InChI is InChI=1S/C12H22N4O/c1-4-6-8-16(3)12(17)11-10(13)9(7-5-2)14-15-11/h4-8,13H2,1-3H3,(H,14,15). The van der Waals surface area contributed by atoms with Crippen molar-refractivity contribution in [2.45, 2.75) is 39.5 Å². The number of aromatic amines is 1. The molecule has 0 bridgehead atoms. The van der Waals surface area contributed by atoms with Crippen molar-refractivity contribution < 1.29 is 4.79 Å². The number of nitrogens with two attached hydrogens (primary N) is 1. The Bertz CT molecular complexity index is 373. The Kier molecular flexibility index (Phi) is 5.00. The van der Waals surface area contributed by atoms with Gasteiger partial charge in [-0.1, -0.05) is 26.7 Å². The van der Waals surface area contributed by atoms with Crippen molar-refractivity contribution in [2.24, 2.45) is 0 Å². The Morgan fingerprint density at radius 2 is 2.12 bits per heavy atom. The van der Waals surface area contributed by atoms with Crippen LogP contribution in [-0.4, -0.2) is 34.6 Å². The minimum absolute atomic E-state index is 0.102. The second kappa shape index (κ2) is 6.27. The number of hydrogen-bond donors (Lipinski definition) is 2. The van der Waals surface area contributed by atoms with Gasteiger partial charge in [-0.05, 0) is 12.8 Å². The van der Waals surface area contributed by atoms with Gasteiger partial charge in [0.05, 0.1) is 11.4 Å². The fourth-order valence-corrected chi connectivity index (χ4v) is 1.67. The summed E-state index contributed by atoms with van der Waals surface area (Å²) in [5.41, 5.74) is 7.63. The summed E-state index contributed by atoms with van der Waals surface area (Å²) in [6, 6.07) is 0. The molecule has 1 rings (SSSR count). The Labute approximate surface area is 102 Å². The molecule has 0 aliphatic rings. The monoisotopic (exact) mass is 238 g/mol. The zero-order valence-electron chi connectivity index (χ0n) is 10.9. The van der Waals surface area contributed by atoms with Gasteiger partial charge in [0.2, 0.25) is 0 Å². The number of aryl methyl sites for hydroxylation is 1. The zero-order chi connectivity index (χ0) is 12.8. The molecule has 0 saturated heterocycles. The van der Waals surface area contributed by atoms with Crippen LogP contribution in [0, 0.1) is 0 Å². The van der Waals surface area contributed by atoms with Crippen molar-refractivity contribution in [3.8, 4) is 0 Å². The smallest absolute Gasteiger partial charge is 0.276 e. The maximum absolute atomic E-state index is 12.1. The van der Waals surface area contributed by atoms with Gasteiger partial charge in [0.25, 0.3) is 5.91 Å². The molecule has 0 saturated carbocycles. The van der Waals surface area contributed by atoms with Gasteiger partial charge in [0, 0.05) is 13.6 Å². The average molecular weight is 238 g/mol. The van der Waals surface area contributed by atoms with Gasteiger partial charge in [-0.25, -0.2) is 0 Å². The van der Waals surface area contributed by atoms with Crippen LogP contribution < -0.4 is 5.73 Å². The lowest BCUT2D eigenvalue weighted by atomic mass is 10.2. The molecule has 0 radical (unpaired) electrons. The maximum atomic E-state index is 12.1. The van der Waals surface area contributed by atoms with E-state index in [1.54, 1.807) is 11.9 Å². The lowest BCUT2D eigenvalue weighted by molar-refractivity contribution is 0.0788. The summed E-state index contributed by atoms with van der Waals surface area (Å²) in [5, 5.41) is 6.87. The first kappa shape index (κ1) is 13.5. The van der Waals surface area contributed by atoms with E-state index < -0.39 is 0 Å². The van der Waals surface area contributed by atoms with Crippen molar-refractivity contribution in [1.29, 1.82) is 0 Å². The highest BCUT2D eigenvalue weighted by atomic mass is 16.2. The van der Waals surface area contributed by atoms with E-state index in [0.717, 1.165) is 37.9 Å². The molecule has 0 atom stereocenters. The topological polar surface area (TPSA) is 75.0 Å². The van der Waals surface area contributed by atoms with E-state index in [1.165, 1.54) is 0 Å². The highest BCUT2D eigenvalue weighted by molar-refractivity contribution is 5.97. The van der Waals surface area contributed by atoms with Gasteiger partial charge >= 0.3 is 0 Å². The molecule has 0 aliphatic carbocycles. The third-order valence-corrected chi connectivity index (χ3v) is 2.78. The number of hydrogen-bond acceptors (Lipinski definition) is 3. The molecule has 5 heteroatoms. The Hall–Kier alpha value is -1.52. The molecule has 17 heavy (non-hydrogen) atoms. The largest absolute Gasteiger partial charge is 0.395 e. The van der Waals surface area contributed by atoms with E-state index in [1.807, 2.05) is 0 Å². The first-order chi connectivity index (χ1) is 8.11. The van der Waals surface area contributed by atoms with Crippen LogP contribution in [0.15, 0.2) is 0 Å². The van der Waals surface area contributed by atoms with Crippen LogP contribution in [0.25, 0.3) is 0 Å². The molecule has 0 aliphatic heterocycles. The summed E-state index contributed by atoms with van der Waals surface area (Å²) in [6.07, 6.45) is 3.86. The number of nitrogens with zero attached hydrogens (tertiary/aromatic N) is 2. The van der Waals surface area contributed by atoms with Crippen molar-refractivity contribution >= 4 is 11.6 Å². The highest BCUT2D eigenvalue weighted by Crippen LogP contribution is 2.17. The van der Waals surface area contributed by atoms with Gasteiger partial charge in [-0.3, -0.25) is 9.89 Å². The van der Waals surface area contributed by atoms with Crippen molar-refractivity contribution in [3.05, 3.63) is 11.4 Å². The van der Waals surface area contributed by atoms with Crippen molar-refractivity contribution in [2.75, 3.05) is 19.3 Å². The average Bonchev–Trinajstić information content (AvgIpc) is 2.68. The van der Waals surface area contributed by atoms with Crippen LogP contribution in [0.2, 0.25) is 0 Å². The minimum atomic E-state index is -0.102. The molecule has 3 N–H and O–H groups in total. The first-order valence-electron chi connectivity index (χ1n) is 6.19. The first-order valence-corrected chi connectivity index (χ1v) is 6.19. The van der Waals surface area contributed by atoms with Crippen LogP contribution in [0.4, 0.5) is 5.69 Å². The molecular weight excluding hydrogens is 216 g/mol. The number of nitrogens with one attached hydrogen (secondary N) is 1. The van der Waals surface area contributed by atoms with E-state index in [9.17, 15) is 4.79 Å². The maximum Gasteiger partial charge on any atom is 0.276 e. The third-order valence-electron chi connectivity index (χ3n) is 2.78. The predicted molar refractivity (Wildman–Crippen MR) is 68.9 cm³/mol. The minimum Gasteiger partial charge on any atom is -0.395 e. The molecule has 0 unspecified atom stereocenters. The molecule has 5 nitrogen and oxygen atoms in total. The number of nitrogen functional groups attached to an aromatic ring is 1. The van der Waals surface area contributed by atoms with Crippen LogP contribution >= 0.6 is 0 Å². The molecule has 1 aromatic rings. The summed E-state index contributed by atoms with van der Waals surface area (Å²) in [5.74, 6) is -0.102. The van der Waals surface area contributed by atoms with Gasteiger partial charge < -0.3 is 10.6 Å². The predicted octanol–water partition coefficient (Wildman–Crippen LogP) is 1.82. The summed E-state index contributed by atoms with van der Waals surface area (Å²) >= 11 is 0.